The summed E-state index contributed by atoms with van der Waals surface area (Å²) in [7, 11) is 0. The number of allylic oxidation sites excluding steroid dienone is 1. The smallest absolute Gasteiger partial charge is 0.0999 e. The molecular weight excluding hydrogens is 285 g/mol. The number of aryl methyl sites for hydroxylation is 1. The number of benzene rings is 1. The van der Waals surface area contributed by atoms with Gasteiger partial charge in [0, 0.05) is 15.5 Å². The van der Waals surface area contributed by atoms with E-state index >= 15 is 0 Å². The third-order valence-corrected chi connectivity index (χ3v) is 4.03. The fraction of sp³-hybridized carbons (Fsp3) is 0.0714. The molecule has 0 spiro atoms. The van der Waals surface area contributed by atoms with Crippen LogP contribution in [0, 0.1) is 18.3 Å². The molecule has 0 N–H and O–H groups in total. The first-order valence-electron chi connectivity index (χ1n) is 5.23. The molecule has 1 heterocycles. The molecule has 0 aliphatic heterocycles. The topological polar surface area (TPSA) is 23.8 Å². The summed E-state index contributed by atoms with van der Waals surface area (Å²) in [5.41, 5.74) is 2.40. The van der Waals surface area contributed by atoms with Crippen LogP contribution in [-0.2, 0) is 0 Å². The van der Waals surface area contributed by atoms with Gasteiger partial charge in [-0.25, -0.2) is 0 Å². The van der Waals surface area contributed by atoms with E-state index in [4.69, 9.17) is 23.2 Å². The van der Waals surface area contributed by atoms with Crippen LogP contribution < -0.4 is 0 Å². The number of halogens is 2. The van der Waals surface area contributed by atoms with Gasteiger partial charge in [-0.1, -0.05) is 29.3 Å². The summed E-state index contributed by atoms with van der Waals surface area (Å²) in [6.45, 7) is 2.01. The third-order valence-electron chi connectivity index (χ3n) is 2.52. The largest absolute Gasteiger partial charge is 0.192 e. The molecule has 0 aliphatic carbocycles. The van der Waals surface area contributed by atoms with Gasteiger partial charge in [0.25, 0.3) is 0 Å². The van der Waals surface area contributed by atoms with E-state index < -0.39 is 0 Å². The van der Waals surface area contributed by atoms with Gasteiger partial charge in [0.2, 0.25) is 0 Å². The van der Waals surface area contributed by atoms with Gasteiger partial charge in [0.15, 0.2) is 0 Å². The van der Waals surface area contributed by atoms with Crippen LogP contribution in [0.5, 0.6) is 0 Å². The van der Waals surface area contributed by atoms with Crippen molar-refractivity contribution in [3.63, 3.8) is 0 Å². The first-order chi connectivity index (χ1) is 8.61. The SMILES string of the molecule is Cc1ccsc1/C=C(/C#N)c1ccc(Cl)cc1Cl. The summed E-state index contributed by atoms with van der Waals surface area (Å²) in [6, 6.07) is 9.35. The van der Waals surface area contributed by atoms with Crippen LogP contribution in [0.4, 0.5) is 0 Å². The second kappa shape index (κ2) is 5.58. The van der Waals surface area contributed by atoms with Crippen molar-refractivity contribution in [1.82, 2.24) is 0 Å². The molecule has 1 nitrogen and oxygen atoms in total. The second-order valence-corrected chi connectivity index (χ2v) is 5.55. The molecular formula is C14H9Cl2NS. The molecule has 4 heteroatoms. The highest BCUT2D eigenvalue weighted by molar-refractivity contribution is 7.11. The van der Waals surface area contributed by atoms with E-state index in [1.165, 1.54) is 0 Å². The first kappa shape index (κ1) is 13.2. The fourth-order valence-electron chi connectivity index (χ4n) is 1.54. The van der Waals surface area contributed by atoms with Gasteiger partial charge in [-0.3, -0.25) is 0 Å². The molecule has 0 fully saturated rings. The van der Waals surface area contributed by atoms with Crippen molar-refractivity contribution >= 4 is 46.2 Å². The van der Waals surface area contributed by atoms with Gasteiger partial charge < -0.3 is 0 Å². The van der Waals surface area contributed by atoms with Crippen molar-refractivity contribution in [3.8, 4) is 6.07 Å². The normalized spacial score (nSPS) is 11.3. The summed E-state index contributed by atoms with van der Waals surface area (Å²) < 4.78 is 0. The van der Waals surface area contributed by atoms with E-state index in [-0.39, 0.29) is 0 Å². The molecule has 0 amide bonds. The van der Waals surface area contributed by atoms with Gasteiger partial charge in [0.05, 0.1) is 16.7 Å². The van der Waals surface area contributed by atoms with Crippen molar-refractivity contribution in [3.05, 3.63) is 55.7 Å². The monoisotopic (exact) mass is 293 g/mol. The molecule has 90 valence electrons. The van der Waals surface area contributed by atoms with Crippen molar-refractivity contribution in [2.75, 3.05) is 0 Å². The number of nitrogens with zero attached hydrogens (tertiary/aromatic N) is 1. The van der Waals surface area contributed by atoms with E-state index in [0.29, 0.717) is 21.2 Å². The highest BCUT2D eigenvalue weighted by Crippen LogP contribution is 2.29. The maximum absolute atomic E-state index is 9.26. The van der Waals surface area contributed by atoms with Crippen LogP contribution >= 0.6 is 34.5 Å². The lowest BCUT2D eigenvalue weighted by Crippen LogP contribution is -1.84. The van der Waals surface area contributed by atoms with Crippen LogP contribution in [0.15, 0.2) is 29.6 Å². The average Bonchev–Trinajstić information content (AvgIpc) is 2.73. The van der Waals surface area contributed by atoms with Gasteiger partial charge in [0.1, 0.15) is 0 Å². The lowest BCUT2D eigenvalue weighted by Gasteiger charge is -2.03. The summed E-state index contributed by atoms with van der Waals surface area (Å²) >= 11 is 13.6. The maximum atomic E-state index is 9.26. The summed E-state index contributed by atoms with van der Waals surface area (Å²) in [6.07, 6.45) is 1.86. The van der Waals surface area contributed by atoms with Crippen molar-refractivity contribution in [1.29, 1.82) is 5.26 Å². The lowest BCUT2D eigenvalue weighted by molar-refractivity contribution is 1.51. The fourth-order valence-corrected chi connectivity index (χ4v) is 2.91. The molecule has 2 aromatic rings. The molecule has 0 aliphatic rings. The van der Waals surface area contributed by atoms with Crippen LogP contribution in [0.3, 0.4) is 0 Å². The molecule has 0 bridgehead atoms. The Morgan fingerprint density at radius 2 is 2.11 bits per heavy atom. The first-order valence-corrected chi connectivity index (χ1v) is 6.86. The van der Waals surface area contributed by atoms with Crippen LogP contribution in [0.2, 0.25) is 10.0 Å². The maximum Gasteiger partial charge on any atom is 0.0999 e. The predicted octanol–water partition coefficient (Wildman–Crippen LogP) is 5.43. The standard InChI is InChI=1S/C14H9Cl2NS/c1-9-4-5-18-14(9)6-10(8-17)12-3-2-11(15)7-13(12)16/h2-7H,1H3/b10-6-. The van der Waals surface area contributed by atoms with E-state index in [1.54, 1.807) is 29.5 Å². The number of hydrogen-bond donors (Lipinski definition) is 0. The number of thiophene rings is 1. The zero-order chi connectivity index (χ0) is 13.1. The van der Waals surface area contributed by atoms with Gasteiger partial charge in [-0.15, -0.1) is 11.3 Å². The third kappa shape index (κ3) is 2.76. The molecule has 0 radical (unpaired) electrons. The Labute approximate surface area is 120 Å². The molecule has 0 unspecified atom stereocenters. The molecule has 2 rings (SSSR count). The lowest BCUT2D eigenvalue weighted by atomic mass is 10.1. The summed E-state index contributed by atoms with van der Waals surface area (Å²) in [5, 5.41) is 12.3. The van der Waals surface area contributed by atoms with Crippen LogP contribution in [0.1, 0.15) is 16.0 Å². The van der Waals surface area contributed by atoms with Crippen LogP contribution in [0.25, 0.3) is 11.6 Å². The number of nitriles is 1. The minimum atomic E-state index is 0.490. The second-order valence-electron chi connectivity index (χ2n) is 3.76. The van der Waals surface area contributed by atoms with Gasteiger partial charge in [-0.2, -0.15) is 5.26 Å². The Kier molecular flexibility index (Phi) is 4.08. The molecule has 1 aromatic heterocycles. The Balaban J connectivity index is 2.50. The molecule has 18 heavy (non-hydrogen) atoms. The Morgan fingerprint density at radius 3 is 2.67 bits per heavy atom. The zero-order valence-corrected chi connectivity index (χ0v) is 11.9. The van der Waals surface area contributed by atoms with E-state index in [2.05, 4.69) is 6.07 Å². The van der Waals surface area contributed by atoms with Gasteiger partial charge in [-0.05, 0) is 42.1 Å². The quantitative estimate of drug-likeness (QED) is 0.678. The summed E-state index contributed by atoms with van der Waals surface area (Å²) in [4.78, 5) is 1.07. The molecule has 0 saturated heterocycles. The van der Waals surface area contributed by atoms with E-state index in [0.717, 1.165) is 10.4 Å². The van der Waals surface area contributed by atoms with Crippen LogP contribution in [-0.4, -0.2) is 0 Å². The minimum absolute atomic E-state index is 0.490. The highest BCUT2D eigenvalue weighted by atomic mass is 35.5. The van der Waals surface area contributed by atoms with Crippen molar-refractivity contribution in [2.24, 2.45) is 0 Å². The minimum Gasteiger partial charge on any atom is -0.192 e. The van der Waals surface area contributed by atoms with Crippen molar-refractivity contribution in [2.45, 2.75) is 6.92 Å². The average molecular weight is 294 g/mol. The number of hydrogen-bond acceptors (Lipinski definition) is 2. The Bertz CT molecular complexity index is 650. The van der Waals surface area contributed by atoms with E-state index in [9.17, 15) is 5.26 Å². The molecule has 0 atom stereocenters. The highest BCUT2D eigenvalue weighted by Gasteiger charge is 2.08. The Morgan fingerprint density at radius 1 is 1.33 bits per heavy atom. The Hall–Kier alpha value is -1.27. The van der Waals surface area contributed by atoms with E-state index in [1.807, 2.05) is 24.4 Å². The molecule has 1 aromatic carbocycles. The summed E-state index contributed by atoms with van der Waals surface area (Å²) in [5.74, 6) is 0. The zero-order valence-electron chi connectivity index (χ0n) is 9.58. The van der Waals surface area contributed by atoms with Gasteiger partial charge >= 0.3 is 0 Å². The molecule has 0 saturated carbocycles. The van der Waals surface area contributed by atoms with Crippen molar-refractivity contribution < 1.29 is 0 Å². The predicted molar refractivity (Wildman–Crippen MR) is 79.0 cm³/mol. The number of rotatable bonds is 2.